The summed E-state index contributed by atoms with van der Waals surface area (Å²) in [6.45, 7) is 0.724. The zero-order valence-corrected chi connectivity index (χ0v) is 16.8. The van der Waals surface area contributed by atoms with Crippen LogP contribution in [0.2, 0.25) is 0 Å². The van der Waals surface area contributed by atoms with E-state index in [2.05, 4.69) is 26.0 Å². The van der Waals surface area contributed by atoms with Crippen LogP contribution in [0, 0.1) is 0 Å². The molecule has 1 aromatic carbocycles. The fraction of sp³-hybridized carbons (Fsp3) is 0.333. The molecule has 0 saturated heterocycles. The van der Waals surface area contributed by atoms with Gasteiger partial charge >= 0.3 is 0 Å². The lowest BCUT2D eigenvalue weighted by atomic mass is 10.2. The van der Waals surface area contributed by atoms with Crippen molar-refractivity contribution in [3.05, 3.63) is 52.2 Å². The lowest BCUT2D eigenvalue weighted by molar-refractivity contribution is -0.121. The Bertz CT molecular complexity index is 937. The summed E-state index contributed by atoms with van der Waals surface area (Å²) in [6, 6.07) is 10.8. The Balaban J connectivity index is 1.55. The molecule has 144 valence electrons. The molecule has 1 unspecified atom stereocenters. The quantitative estimate of drug-likeness (QED) is 0.731. The fourth-order valence-corrected chi connectivity index (χ4v) is 5.01. The van der Waals surface area contributed by atoms with Crippen LogP contribution in [-0.2, 0) is 14.8 Å². The maximum absolute atomic E-state index is 12.2. The number of benzene rings is 1. The number of likely N-dealkylation sites (N-methyl/N-ethyl adjacent to an activating group) is 1. The van der Waals surface area contributed by atoms with E-state index in [0.29, 0.717) is 17.9 Å². The lowest BCUT2D eigenvalue weighted by Crippen LogP contribution is -2.34. The number of fused-ring (bicyclic) bond motifs is 1. The van der Waals surface area contributed by atoms with Crippen LogP contribution in [-0.4, -0.2) is 52.2 Å². The number of amides is 1. The van der Waals surface area contributed by atoms with Crippen molar-refractivity contribution in [1.29, 1.82) is 0 Å². The normalized spacial score (nSPS) is 17.5. The molecule has 2 aromatic rings. The van der Waals surface area contributed by atoms with Crippen LogP contribution in [0.5, 0.6) is 0 Å². The predicted octanol–water partition coefficient (Wildman–Crippen LogP) is 1.60. The number of hydrogen-bond acceptors (Lipinski definition) is 6. The van der Waals surface area contributed by atoms with Crippen LogP contribution in [0.4, 0.5) is 0 Å². The maximum atomic E-state index is 12.2. The van der Waals surface area contributed by atoms with Gasteiger partial charge in [-0.3, -0.25) is 14.5 Å². The minimum atomic E-state index is -3.55. The van der Waals surface area contributed by atoms with Crippen LogP contribution in [0.3, 0.4) is 0 Å². The smallest absolute Gasteiger partial charge is 0.263 e. The second kappa shape index (κ2) is 8.20. The van der Waals surface area contributed by atoms with Crippen molar-refractivity contribution in [2.45, 2.75) is 17.4 Å². The van der Waals surface area contributed by atoms with Gasteiger partial charge < -0.3 is 10.2 Å². The number of aliphatic imine (C=N–C) groups is 1. The van der Waals surface area contributed by atoms with E-state index in [1.807, 2.05) is 25.5 Å². The molecule has 0 radical (unpaired) electrons. The first-order valence-corrected chi connectivity index (χ1v) is 10.9. The fourth-order valence-electron chi connectivity index (χ4n) is 2.84. The third-order valence-electron chi connectivity index (χ3n) is 4.26. The third kappa shape index (κ3) is 4.55. The van der Waals surface area contributed by atoms with Gasteiger partial charge in [-0.25, -0.2) is 8.42 Å². The number of rotatable bonds is 7. The Morgan fingerprint density at radius 1 is 1.26 bits per heavy atom. The lowest BCUT2D eigenvalue weighted by Gasteiger charge is -2.23. The van der Waals surface area contributed by atoms with E-state index in [9.17, 15) is 13.2 Å². The molecule has 1 aromatic heterocycles. The molecular weight excluding hydrogens is 384 g/mol. The Kier molecular flexibility index (Phi) is 5.93. The molecule has 9 heteroatoms. The van der Waals surface area contributed by atoms with Gasteiger partial charge in [-0.15, -0.1) is 11.3 Å². The van der Waals surface area contributed by atoms with Gasteiger partial charge in [0.2, 0.25) is 5.91 Å². The van der Waals surface area contributed by atoms with Crippen LogP contribution in [0.15, 0.2) is 51.7 Å². The summed E-state index contributed by atoms with van der Waals surface area (Å²) in [5, 5.41) is 4.95. The highest BCUT2D eigenvalue weighted by Crippen LogP contribution is 2.23. The van der Waals surface area contributed by atoms with E-state index < -0.39 is 10.0 Å². The minimum Gasteiger partial charge on any atom is -0.354 e. The Morgan fingerprint density at radius 3 is 2.74 bits per heavy atom. The van der Waals surface area contributed by atoms with Gasteiger partial charge in [-0.1, -0.05) is 18.2 Å². The number of hydrogen-bond donors (Lipinski definition) is 2. The highest BCUT2D eigenvalue weighted by molar-refractivity contribution is 7.90. The summed E-state index contributed by atoms with van der Waals surface area (Å²) in [4.78, 5) is 19.9. The van der Waals surface area contributed by atoms with Crippen molar-refractivity contribution < 1.29 is 13.2 Å². The average Bonchev–Trinajstić information content (AvgIpc) is 3.22. The topological polar surface area (TPSA) is 90.9 Å². The second-order valence-corrected chi connectivity index (χ2v) is 9.01. The first-order valence-electron chi connectivity index (χ1n) is 8.51. The highest BCUT2D eigenvalue weighted by atomic mass is 32.2. The molecule has 1 aliphatic heterocycles. The summed E-state index contributed by atoms with van der Waals surface area (Å²) in [5.41, 5.74) is 0.545. The molecule has 27 heavy (non-hydrogen) atoms. The van der Waals surface area contributed by atoms with Gasteiger partial charge in [-0.2, -0.15) is 0 Å². The van der Waals surface area contributed by atoms with Gasteiger partial charge in [0.05, 0.1) is 17.5 Å². The van der Waals surface area contributed by atoms with E-state index >= 15 is 0 Å². The molecule has 1 aliphatic rings. The molecular formula is C18H22N4O3S2. The highest BCUT2D eigenvalue weighted by Gasteiger charge is 2.29. The zero-order chi connectivity index (χ0) is 19.4. The van der Waals surface area contributed by atoms with Crippen molar-refractivity contribution >= 4 is 33.1 Å². The number of carbonyl (C=O) groups is 1. The van der Waals surface area contributed by atoms with Crippen molar-refractivity contribution in [1.82, 2.24) is 14.9 Å². The van der Waals surface area contributed by atoms with Crippen molar-refractivity contribution in [3.8, 4) is 0 Å². The predicted molar refractivity (Wildman–Crippen MR) is 107 cm³/mol. The van der Waals surface area contributed by atoms with Crippen LogP contribution >= 0.6 is 11.3 Å². The summed E-state index contributed by atoms with van der Waals surface area (Å²) >= 11 is 1.66. The zero-order valence-electron chi connectivity index (χ0n) is 15.2. The number of amidine groups is 1. The van der Waals surface area contributed by atoms with Crippen LogP contribution in [0.25, 0.3) is 0 Å². The standard InChI is InChI=1S/C18H22N4O3S2/c1-22(2)14(15-7-5-11-26-15)12-20-17(23)9-10-19-18-13-6-3-4-8-16(13)27(24,25)21-18/h3-8,11,14H,9-10,12H2,1-2H3,(H,19,21)(H,20,23). The number of nitrogens with zero attached hydrogens (tertiary/aromatic N) is 2. The number of carbonyl (C=O) groups excluding carboxylic acids is 1. The Morgan fingerprint density at radius 2 is 2.04 bits per heavy atom. The number of thiophene rings is 1. The molecule has 0 bridgehead atoms. The second-order valence-electron chi connectivity index (χ2n) is 6.38. The molecule has 7 nitrogen and oxygen atoms in total. The summed E-state index contributed by atoms with van der Waals surface area (Å²) in [7, 11) is 0.409. The molecule has 2 N–H and O–H groups in total. The Labute approximate surface area is 163 Å². The Hall–Kier alpha value is -2.23. The number of sulfonamides is 1. The first kappa shape index (κ1) is 19.5. The van der Waals surface area contributed by atoms with Crippen molar-refractivity contribution in [3.63, 3.8) is 0 Å². The van der Waals surface area contributed by atoms with Gasteiger partial charge in [0.1, 0.15) is 5.84 Å². The van der Waals surface area contributed by atoms with E-state index in [4.69, 9.17) is 0 Å². The molecule has 3 rings (SSSR count). The van der Waals surface area contributed by atoms with Gasteiger partial charge in [0.15, 0.2) is 0 Å². The van der Waals surface area contributed by atoms with E-state index in [1.54, 1.807) is 35.6 Å². The maximum Gasteiger partial charge on any atom is 0.263 e. The minimum absolute atomic E-state index is 0.114. The average molecular weight is 407 g/mol. The largest absolute Gasteiger partial charge is 0.354 e. The summed E-state index contributed by atoms with van der Waals surface area (Å²) in [6.07, 6.45) is 0.192. The SMILES string of the molecule is CN(C)C(CNC(=O)CCN=C1NS(=O)(=O)c2ccccc21)c1cccs1. The van der Waals surface area contributed by atoms with Crippen LogP contribution < -0.4 is 10.0 Å². The number of nitrogens with one attached hydrogen (secondary N) is 2. The van der Waals surface area contributed by atoms with Gasteiger partial charge in [0, 0.05) is 23.4 Å². The molecule has 1 atom stereocenters. The molecule has 0 spiro atoms. The van der Waals surface area contributed by atoms with Crippen molar-refractivity contribution in [2.75, 3.05) is 27.2 Å². The van der Waals surface area contributed by atoms with Crippen molar-refractivity contribution in [2.24, 2.45) is 4.99 Å². The monoisotopic (exact) mass is 406 g/mol. The molecule has 1 amide bonds. The summed E-state index contributed by atoms with van der Waals surface area (Å²) in [5.74, 6) is 0.181. The molecule has 0 fully saturated rings. The first-order chi connectivity index (χ1) is 12.9. The third-order valence-corrected chi connectivity index (χ3v) is 6.63. The molecule has 0 saturated carbocycles. The molecule has 0 aliphatic carbocycles. The van der Waals surface area contributed by atoms with Gasteiger partial charge in [-0.05, 0) is 37.7 Å². The molecule has 2 heterocycles. The van der Waals surface area contributed by atoms with Gasteiger partial charge in [0.25, 0.3) is 10.0 Å². The summed E-state index contributed by atoms with van der Waals surface area (Å²) < 4.78 is 26.5. The van der Waals surface area contributed by atoms with Crippen LogP contribution in [0.1, 0.15) is 22.9 Å². The van der Waals surface area contributed by atoms with E-state index in [0.717, 1.165) is 0 Å². The van der Waals surface area contributed by atoms with E-state index in [-0.39, 0.29) is 29.8 Å². The van der Waals surface area contributed by atoms with E-state index in [1.165, 1.54) is 4.88 Å².